The number of rotatable bonds is 2. The molecule has 110 valence electrons. The molecular formula is C13H18ClN3O2S. The fourth-order valence-electron chi connectivity index (χ4n) is 3.16. The van der Waals surface area contributed by atoms with Gasteiger partial charge in [0, 0.05) is 25.2 Å². The summed E-state index contributed by atoms with van der Waals surface area (Å²) in [5.41, 5.74) is 0. The maximum atomic E-state index is 11.1. The van der Waals surface area contributed by atoms with Gasteiger partial charge in [0.05, 0.1) is 0 Å². The van der Waals surface area contributed by atoms with Gasteiger partial charge in [0.15, 0.2) is 15.2 Å². The molecule has 3 rings (SSSR count). The van der Waals surface area contributed by atoms with E-state index in [1.165, 1.54) is 37.1 Å². The Balaban J connectivity index is 1.82. The van der Waals surface area contributed by atoms with Crippen molar-refractivity contribution in [3.8, 4) is 0 Å². The van der Waals surface area contributed by atoms with E-state index in [0.29, 0.717) is 12.1 Å². The van der Waals surface area contributed by atoms with Crippen LogP contribution in [0.2, 0.25) is 5.15 Å². The number of hydrogen-bond acceptors (Lipinski definition) is 5. The van der Waals surface area contributed by atoms with Gasteiger partial charge in [0.25, 0.3) is 0 Å². The van der Waals surface area contributed by atoms with Crippen LogP contribution in [0.5, 0.6) is 0 Å². The van der Waals surface area contributed by atoms with E-state index in [4.69, 9.17) is 16.7 Å². The smallest absolute Gasteiger partial charge is 0.349 e. The van der Waals surface area contributed by atoms with Crippen molar-refractivity contribution in [3.05, 3.63) is 10.0 Å². The molecule has 0 aliphatic carbocycles. The summed E-state index contributed by atoms with van der Waals surface area (Å²) in [4.78, 5) is 20.3. The van der Waals surface area contributed by atoms with E-state index in [-0.39, 0.29) is 10.0 Å². The molecule has 0 saturated carbocycles. The van der Waals surface area contributed by atoms with Gasteiger partial charge in [-0.05, 0) is 26.3 Å². The minimum Gasteiger partial charge on any atom is -0.477 e. The quantitative estimate of drug-likeness (QED) is 0.909. The second kappa shape index (κ2) is 5.50. The predicted molar refractivity (Wildman–Crippen MR) is 80.1 cm³/mol. The Morgan fingerprint density at radius 1 is 1.45 bits per heavy atom. The zero-order valence-corrected chi connectivity index (χ0v) is 13.0. The van der Waals surface area contributed by atoms with Gasteiger partial charge in [0.1, 0.15) is 0 Å². The minimum atomic E-state index is -0.997. The molecule has 1 aromatic rings. The maximum Gasteiger partial charge on any atom is 0.349 e. The molecule has 0 amide bonds. The number of carbonyl (C=O) groups is 1. The first kappa shape index (κ1) is 14.1. The highest BCUT2D eigenvalue weighted by Crippen LogP contribution is 2.34. The topological polar surface area (TPSA) is 56.7 Å². The molecule has 3 heterocycles. The van der Waals surface area contributed by atoms with Crippen molar-refractivity contribution in [2.24, 2.45) is 0 Å². The number of thiazole rings is 1. The highest BCUT2D eigenvalue weighted by atomic mass is 35.5. The van der Waals surface area contributed by atoms with Crippen molar-refractivity contribution >= 4 is 34.0 Å². The number of aromatic carboxylic acids is 1. The van der Waals surface area contributed by atoms with E-state index < -0.39 is 5.97 Å². The van der Waals surface area contributed by atoms with Crippen molar-refractivity contribution in [1.29, 1.82) is 0 Å². The summed E-state index contributed by atoms with van der Waals surface area (Å²) in [7, 11) is 0. The first-order valence-electron chi connectivity index (χ1n) is 6.96. The third kappa shape index (κ3) is 2.52. The molecule has 0 radical (unpaired) electrons. The van der Waals surface area contributed by atoms with E-state index in [1.807, 2.05) is 0 Å². The maximum absolute atomic E-state index is 11.1. The average Bonchev–Trinajstić information content (AvgIpc) is 2.80. The van der Waals surface area contributed by atoms with E-state index in [2.05, 4.69) is 21.7 Å². The monoisotopic (exact) mass is 315 g/mol. The fourth-order valence-corrected chi connectivity index (χ4v) is 4.40. The molecule has 2 saturated heterocycles. The van der Waals surface area contributed by atoms with Crippen molar-refractivity contribution in [3.63, 3.8) is 0 Å². The van der Waals surface area contributed by atoms with Crippen molar-refractivity contribution in [1.82, 2.24) is 9.88 Å². The Hall–Kier alpha value is -0.850. The number of piperidine rings is 1. The number of fused-ring (bicyclic) bond motifs is 1. The van der Waals surface area contributed by atoms with Crippen molar-refractivity contribution in [2.45, 2.75) is 38.3 Å². The zero-order chi connectivity index (χ0) is 14.3. The summed E-state index contributed by atoms with van der Waals surface area (Å²) in [6.07, 6.45) is 3.78. The van der Waals surface area contributed by atoms with Crippen LogP contribution < -0.4 is 4.90 Å². The highest BCUT2D eigenvalue weighted by Gasteiger charge is 2.34. The van der Waals surface area contributed by atoms with Gasteiger partial charge in [-0.2, -0.15) is 0 Å². The van der Waals surface area contributed by atoms with Gasteiger partial charge in [-0.15, -0.1) is 0 Å². The summed E-state index contributed by atoms with van der Waals surface area (Å²) in [6, 6.07) is 0.907. The van der Waals surface area contributed by atoms with Crippen LogP contribution in [0.15, 0.2) is 0 Å². The van der Waals surface area contributed by atoms with E-state index in [0.717, 1.165) is 18.2 Å². The Bertz CT molecular complexity index is 522. The van der Waals surface area contributed by atoms with Gasteiger partial charge in [-0.3, -0.25) is 4.90 Å². The lowest BCUT2D eigenvalue weighted by atomic mass is 9.97. The van der Waals surface area contributed by atoms with Crippen LogP contribution >= 0.6 is 22.9 Å². The van der Waals surface area contributed by atoms with Gasteiger partial charge >= 0.3 is 5.97 Å². The number of aromatic nitrogens is 1. The van der Waals surface area contributed by atoms with Crippen LogP contribution in [0.25, 0.3) is 0 Å². The molecule has 2 fully saturated rings. The van der Waals surface area contributed by atoms with E-state index >= 15 is 0 Å². The molecular weight excluding hydrogens is 298 g/mol. The molecule has 7 heteroatoms. The molecule has 2 atom stereocenters. The first-order chi connectivity index (χ1) is 9.56. The molecule has 20 heavy (non-hydrogen) atoms. The summed E-state index contributed by atoms with van der Waals surface area (Å²) >= 11 is 7.11. The SMILES string of the molecule is CC1CN2CCCCC2CN1c1nc(Cl)c(C(=O)O)s1. The van der Waals surface area contributed by atoms with Crippen LogP contribution in [-0.2, 0) is 0 Å². The number of nitrogens with zero attached hydrogens (tertiary/aromatic N) is 3. The number of carboxylic acids is 1. The third-order valence-corrected chi connectivity index (χ3v) is 5.67. The lowest BCUT2D eigenvalue weighted by Crippen LogP contribution is -2.58. The summed E-state index contributed by atoms with van der Waals surface area (Å²) in [5, 5.41) is 9.94. The number of carboxylic acid groups (broad SMARTS) is 1. The average molecular weight is 316 g/mol. The standard InChI is InChI=1S/C13H18ClN3O2S/c1-8-6-16-5-3-2-4-9(16)7-17(8)13-15-11(14)10(20-13)12(18)19/h8-9H,2-7H2,1H3,(H,18,19). The molecule has 2 aliphatic rings. The fraction of sp³-hybridized carbons (Fsp3) is 0.692. The lowest BCUT2D eigenvalue weighted by Gasteiger charge is -2.47. The lowest BCUT2D eigenvalue weighted by molar-refractivity contribution is 0.0702. The number of halogens is 1. The van der Waals surface area contributed by atoms with Gasteiger partial charge in [0.2, 0.25) is 0 Å². The third-order valence-electron chi connectivity index (χ3n) is 4.20. The molecule has 0 bridgehead atoms. The molecule has 1 N–H and O–H groups in total. The van der Waals surface area contributed by atoms with Gasteiger partial charge in [-0.1, -0.05) is 29.4 Å². The van der Waals surface area contributed by atoms with E-state index in [9.17, 15) is 4.79 Å². The van der Waals surface area contributed by atoms with E-state index in [1.54, 1.807) is 0 Å². The van der Waals surface area contributed by atoms with Gasteiger partial charge < -0.3 is 10.0 Å². The van der Waals surface area contributed by atoms with Crippen LogP contribution in [0, 0.1) is 0 Å². The molecule has 0 spiro atoms. The highest BCUT2D eigenvalue weighted by molar-refractivity contribution is 7.18. The molecule has 5 nitrogen and oxygen atoms in total. The minimum absolute atomic E-state index is 0.107. The molecule has 1 aromatic heterocycles. The van der Waals surface area contributed by atoms with Crippen molar-refractivity contribution < 1.29 is 9.90 Å². The molecule has 2 unspecified atom stereocenters. The molecule has 0 aromatic carbocycles. The van der Waals surface area contributed by atoms with Crippen LogP contribution in [-0.4, -0.2) is 52.7 Å². The zero-order valence-electron chi connectivity index (χ0n) is 11.4. The summed E-state index contributed by atoms with van der Waals surface area (Å²) < 4.78 is 0. The number of anilines is 1. The Labute approximate surface area is 127 Å². The summed E-state index contributed by atoms with van der Waals surface area (Å²) in [5.74, 6) is -0.997. The van der Waals surface area contributed by atoms with Crippen LogP contribution in [0.3, 0.4) is 0 Å². The van der Waals surface area contributed by atoms with Crippen LogP contribution in [0.1, 0.15) is 35.9 Å². The van der Waals surface area contributed by atoms with Gasteiger partial charge in [-0.25, -0.2) is 9.78 Å². The number of piperazine rings is 1. The second-order valence-electron chi connectivity index (χ2n) is 5.57. The predicted octanol–water partition coefficient (Wildman–Crippen LogP) is 2.56. The normalized spacial score (nSPS) is 27.4. The van der Waals surface area contributed by atoms with Crippen molar-refractivity contribution in [2.75, 3.05) is 24.5 Å². The first-order valence-corrected chi connectivity index (χ1v) is 8.16. The van der Waals surface area contributed by atoms with Crippen LogP contribution in [0.4, 0.5) is 5.13 Å². The second-order valence-corrected chi connectivity index (χ2v) is 6.90. The Morgan fingerprint density at radius 2 is 2.25 bits per heavy atom. The largest absolute Gasteiger partial charge is 0.477 e. The number of hydrogen-bond donors (Lipinski definition) is 1. The molecule has 2 aliphatic heterocycles. The summed E-state index contributed by atoms with van der Waals surface area (Å²) in [6.45, 7) is 5.29. The Kier molecular flexibility index (Phi) is 3.88. The Morgan fingerprint density at radius 3 is 2.95 bits per heavy atom.